The van der Waals surface area contributed by atoms with Gasteiger partial charge in [0.15, 0.2) is 17.6 Å². The Morgan fingerprint density at radius 3 is 2.12 bits per heavy atom. The SMILES string of the molecule is CCOc1ccc(C(Oc2ccccc2OCC)C(CNC)OC)cc1. The Morgan fingerprint density at radius 2 is 1.54 bits per heavy atom. The summed E-state index contributed by atoms with van der Waals surface area (Å²) in [5, 5.41) is 3.17. The molecule has 0 radical (unpaired) electrons. The van der Waals surface area contributed by atoms with Crippen LogP contribution in [0.3, 0.4) is 0 Å². The molecule has 2 atom stereocenters. The minimum Gasteiger partial charge on any atom is -0.494 e. The maximum atomic E-state index is 6.36. The van der Waals surface area contributed by atoms with E-state index in [1.54, 1.807) is 7.11 Å². The summed E-state index contributed by atoms with van der Waals surface area (Å²) in [6.07, 6.45) is -0.447. The zero-order valence-electron chi connectivity index (χ0n) is 16.0. The van der Waals surface area contributed by atoms with Gasteiger partial charge in [-0.1, -0.05) is 24.3 Å². The molecule has 1 N–H and O–H groups in total. The number of para-hydroxylation sites is 2. The predicted octanol–water partition coefficient (Wildman–Crippen LogP) is 3.84. The minimum atomic E-state index is -0.287. The summed E-state index contributed by atoms with van der Waals surface area (Å²) < 4.78 is 23.3. The van der Waals surface area contributed by atoms with Gasteiger partial charge < -0.3 is 24.3 Å². The topological polar surface area (TPSA) is 49.0 Å². The molecule has 2 aromatic carbocycles. The van der Waals surface area contributed by atoms with Crippen LogP contribution in [0.1, 0.15) is 25.5 Å². The van der Waals surface area contributed by atoms with Crippen molar-refractivity contribution in [3.63, 3.8) is 0 Å². The summed E-state index contributed by atoms with van der Waals surface area (Å²) >= 11 is 0. The zero-order chi connectivity index (χ0) is 18.8. The third kappa shape index (κ3) is 5.38. The highest BCUT2D eigenvalue weighted by atomic mass is 16.6. The van der Waals surface area contributed by atoms with Crippen LogP contribution in [0.5, 0.6) is 17.2 Å². The lowest BCUT2D eigenvalue weighted by Gasteiger charge is -2.28. The fraction of sp³-hybridized carbons (Fsp3) is 0.429. The average Bonchev–Trinajstić information content (AvgIpc) is 2.67. The van der Waals surface area contributed by atoms with Crippen molar-refractivity contribution in [3.8, 4) is 17.2 Å². The van der Waals surface area contributed by atoms with E-state index in [-0.39, 0.29) is 12.2 Å². The lowest BCUT2D eigenvalue weighted by atomic mass is 10.0. The first kappa shape index (κ1) is 20.1. The molecule has 0 heterocycles. The normalized spacial score (nSPS) is 13.1. The summed E-state index contributed by atoms with van der Waals surface area (Å²) in [5.74, 6) is 2.27. The molecule has 26 heavy (non-hydrogen) atoms. The van der Waals surface area contributed by atoms with Gasteiger partial charge in [-0.25, -0.2) is 0 Å². The molecule has 2 unspecified atom stereocenters. The van der Waals surface area contributed by atoms with Gasteiger partial charge in [0.05, 0.1) is 13.2 Å². The second kappa shape index (κ2) is 10.7. The van der Waals surface area contributed by atoms with Crippen molar-refractivity contribution in [2.24, 2.45) is 0 Å². The summed E-state index contributed by atoms with van der Waals surface area (Å²) in [7, 11) is 3.59. The van der Waals surface area contributed by atoms with Crippen molar-refractivity contribution in [1.29, 1.82) is 0 Å². The maximum Gasteiger partial charge on any atom is 0.162 e. The molecule has 5 heteroatoms. The van der Waals surface area contributed by atoms with E-state index in [0.29, 0.717) is 25.5 Å². The first-order valence-corrected chi connectivity index (χ1v) is 9.02. The van der Waals surface area contributed by atoms with Gasteiger partial charge in [-0.05, 0) is 50.7 Å². The Balaban J connectivity index is 2.32. The summed E-state index contributed by atoms with van der Waals surface area (Å²) in [6, 6.07) is 15.6. The van der Waals surface area contributed by atoms with Crippen molar-refractivity contribution >= 4 is 0 Å². The van der Waals surface area contributed by atoms with E-state index in [0.717, 1.165) is 17.1 Å². The molecule has 0 aromatic heterocycles. The minimum absolute atomic E-state index is 0.160. The van der Waals surface area contributed by atoms with Gasteiger partial charge in [-0.3, -0.25) is 0 Å². The van der Waals surface area contributed by atoms with Crippen LogP contribution in [-0.4, -0.2) is 40.0 Å². The second-order valence-corrected chi connectivity index (χ2v) is 5.75. The molecule has 0 aliphatic carbocycles. The number of hydrogen-bond acceptors (Lipinski definition) is 5. The van der Waals surface area contributed by atoms with Gasteiger partial charge in [0.25, 0.3) is 0 Å². The van der Waals surface area contributed by atoms with Gasteiger partial charge in [0.2, 0.25) is 0 Å². The number of hydrogen-bond donors (Lipinski definition) is 1. The van der Waals surface area contributed by atoms with Crippen LogP contribution < -0.4 is 19.5 Å². The van der Waals surface area contributed by atoms with Crippen LogP contribution in [0.15, 0.2) is 48.5 Å². The molecular weight excluding hydrogens is 330 g/mol. The number of nitrogens with one attached hydrogen (secondary N) is 1. The maximum absolute atomic E-state index is 6.36. The first-order chi connectivity index (χ1) is 12.7. The van der Waals surface area contributed by atoms with Crippen LogP contribution in [0.4, 0.5) is 0 Å². The molecule has 0 bridgehead atoms. The number of methoxy groups -OCH3 is 1. The highest BCUT2D eigenvalue weighted by Gasteiger charge is 2.26. The Labute approximate surface area is 156 Å². The van der Waals surface area contributed by atoms with Crippen molar-refractivity contribution in [3.05, 3.63) is 54.1 Å². The molecule has 2 aromatic rings. The molecule has 0 amide bonds. The third-order valence-electron chi connectivity index (χ3n) is 3.97. The van der Waals surface area contributed by atoms with Gasteiger partial charge in [0, 0.05) is 13.7 Å². The monoisotopic (exact) mass is 359 g/mol. The van der Waals surface area contributed by atoms with E-state index in [4.69, 9.17) is 18.9 Å². The first-order valence-electron chi connectivity index (χ1n) is 9.02. The fourth-order valence-electron chi connectivity index (χ4n) is 2.75. The van der Waals surface area contributed by atoms with Crippen molar-refractivity contribution in [2.75, 3.05) is 33.9 Å². The van der Waals surface area contributed by atoms with Gasteiger partial charge in [0.1, 0.15) is 11.9 Å². The molecule has 0 saturated heterocycles. The number of benzene rings is 2. The molecule has 0 aliphatic rings. The van der Waals surface area contributed by atoms with E-state index >= 15 is 0 Å². The molecule has 0 fully saturated rings. The van der Waals surface area contributed by atoms with Crippen LogP contribution in [0.25, 0.3) is 0 Å². The third-order valence-corrected chi connectivity index (χ3v) is 3.97. The van der Waals surface area contributed by atoms with E-state index in [1.165, 1.54) is 0 Å². The Bertz CT molecular complexity index is 645. The average molecular weight is 359 g/mol. The standard InChI is InChI=1S/C21H29NO4/c1-5-24-17-13-11-16(12-14-17)21(20(23-4)15-22-3)26-19-10-8-7-9-18(19)25-6-2/h7-14,20-22H,5-6,15H2,1-4H3. The summed E-state index contributed by atoms with van der Waals surface area (Å²) in [6.45, 7) is 5.81. The number of likely N-dealkylation sites (N-methyl/N-ethyl adjacent to an activating group) is 1. The molecule has 0 spiro atoms. The number of ether oxygens (including phenoxy) is 4. The van der Waals surface area contributed by atoms with E-state index < -0.39 is 0 Å². The number of rotatable bonds is 11. The Morgan fingerprint density at radius 1 is 0.885 bits per heavy atom. The molecule has 5 nitrogen and oxygen atoms in total. The molecular formula is C21H29NO4. The summed E-state index contributed by atoms with van der Waals surface area (Å²) in [5.41, 5.74) is 1.02. The van der Waals surface area contributed by atoms with Gasteiger partial charge >= 0.3 is 0 Å². The van der Waals surface area contributed by atoms with Crippen LogP contribution in [0.2, 0.25) is 0 Å². The van der Waals surface area contributed by atoms with Crippen molar-refractivity contribution in [2.45, 2.75) is 26.1 Å². The predicted molar refractivity (Wildman–Crippen MR) is 103 cm³/mol. The molecule has 142 valence electrons. The Hall–Kier alpha value is -2.24. The van der Waals surface area contributed by atoms with Gasteiger partial charge in [-0.15, -0.1) is 0 Å². The smallest absolute Gasteiger partial charge is 0.162 e. The lowest BCUT2D eigenvalue weighted by molar-refractivity contribution is 0.00136. The molecule has 2 rings (SSSR count). The highest BCUT2D eigenvalue weighted by molar-refractivity contribution is 5.40. The zero-order valence-corrected chi connectivity index (χ0v) is 16.0. The van der Waals surface area contributed by atoms with E-state index in [2.05, 4.69) is 5.32 Å². The van der Waals surface area contributed by atoms with E-state index in [1.807, 2.05) is 69.4 Å². The van der Waals surface area contributed by atoms with Crippen molar-refractivity contribution < 1.29 is 18.9 Å². The Kier molecular flexibility index (Phi) is 8.25. The van der Waals surface area contributed by atoms with Crippen molar-refractivity contribution in [1.82, 2.24) is 5.32 Å². The van der Waals surface area contributed by atoms with Crippen LogP contribution >= 0.6 is 0 Å². The second-order valence-electron chi connectivity index (χ2n) is 5.75. The van der Waals surface area contributed by atoms with E-state index in [9.17, 15) is 0 Å². The quantitative estimate of drug-likeness (QED) is 0.661. The molecule has 0 saturated carbocycles. The van der Waals surface area contributed by atoms with Crippen LogP contribution in [-0.2, 0) is 4.74 Å². The largest absolute Gasteiger partial charge is 0.494 e. The summed E-state index contributed by atoms with van der Waals surface area (Å²) in [4.78, 5) is 0. The fourth-order valence-corrected chi connectivity index (χ4v) is 2.75. The van der Waals surface area contributed by atoms with Crippen LogP contribution in [0, 0.1) is 0 Å². The highest BCUT2D eigenvalue weighted by Crippen LogP contribution is 2.33. The van der Waals surface area contributed by atoms with Gasteiger partial charge in [-0.2, -0.15) is 0 Å². The lowest BCUT2D eigenvalue weighted by Crippen LogP contribution is -2.34. The molecule has 0 aliphatic heterocycles.